The number of nitrogens with zero attached hydrogens (tertiary/aromatic N) is 4. The molecule has 1 fully saturated rings. The Morgan fingerprint density at radius 2 is 1.98 bits per heavy atom. The molecule has 0 bridgehead atoms. The molecular formula is C30H33FN6O5S. The monoisotopic (exact) mass is 608 g/mol. The first-order valence-corrected chi connectivity index (χ1v) is 14.5. The van der Waals surface area contributed by atoms with Gasteiger partial charge in [0.2, 0.25) is 0 Å². The van der Waals surface area contributed by atoms with Crippen LogP contribution in [0.1, 0.15) is 42.7 Å². The maximum Gasteiger partial charge on any atom is 0.407 e. The molecule has 0 spiro atoms. The van der Waals surface area contributed by atoms with Crippen LogP contribution >= 0.6 is 11.3 Å². The van der Waals surface area contributed by atoms with E-state index in [1.54, 1.807) is 32.9 Å². The van der Waals surface area contributed by atoms with Gasteiger partial charge in [-0.2, -0.15) is 0 Å². The summed E-state index contributed by atoms with van der Waals surface area (Å²) in [7, 11) is 1.41. The fraction of sp³-hybridized carbons (Fsp3) is 0.367. The summed E-state index contributed by atoms with van der Waals surface area (Å²) in [5.41, 5.74) is 1.14. The first-order chi connectivity index (χ1) is 20.5. The van der Waals surface area contributed by atoms with Gasteiger partial charge in [0.15, 0.2) is 5.82 Å². The average molecular weight is 609 g/mol. The van der Waals surface area contributed by atoms with E-state index in [0.717, 1.165) is 9.71 Å². The van der Waals surface area contributed by atoms with E-state index in [1.165, 1.54) is 42.8 Å². The Labute approximate surface area is 252 Å². The van der Waals surface area contributed by atoms with Gasteiger partial charge >= 0.3 is 6.09 Å². The number of aliphatic hydroxyl groups is 1. The van der Waals surface area contributed by atoms with Gasteiger partial charge in [-0.1, -0.05) is 6.07 Å². The van der Waals surface area contributed by atoms with Crippen LogP contribution in [0.15, 0.2) is 42.6 Å². The summed E-state index contributed by atoms with van der Waals surface area (Å²) in [6.45, 7) is 7.44. The van der Waals surface area contributed by atoms with Crippen molar-refractivity contribution in [1.29, 1.82) is 0 Å². The van der Waals surface area contributed by atoms with E-state index in [1.807, 2.05) is 17.9 Å². The number of aromatic nitrogens is 3. The van der Waals surface area contributed by atoms with Gasteiger partial charge in [-0.05, 0) is 64.4 Å². The van der Waals surface area contributed by atoms with Gasteiger partial charge in [0.1, 0.15) is 28.4 Å². The largest absolute Gasteiger partial charge is 0.496 e. The number of methoxy groups -OCH3 is 1. The highest BCUT2D eigenvalue weighted by atomic mass is 32.1. The lowest BCUT2D eigenvalue weighted by Gasteiger charge is -2.28. The van der Waals surface area contributed by atoms with Crippen molar-refractivity contribution in [2.24, 2.45) is 0 Å². The highest BCUT2D eigenvalue weighted by Gasteiger charge is 2.36. The van der Waals surface area contributed by atoms with Gasteiger partial charge in [-0.15, -0.1) is 11.3 Å². The number of benzene rings is 2. The van der Waals surface area contributed by atoms with Gasteiger partial charge in [-0.3, -0.25) is 4.79 Å². The van der Waals surface area contributed by atoms with E-state index >= 15 is 0 Å². The molecule has 1 saturated heterocycles. The Morgan fingerprint density at radius 3 is 2.70 bits per heavy atom. The molecule has 0 aliphatic carbocycles. The molecule has 13 heteroatoms. The molecule has 0 saturated carbocycles. The number of aliphatic hydroxyl groups excluding tert-OH is 1. The van der Waals surface area contributed by atoms with Crippen LogP contribution in [0, 0.1) is 12.7 Å². The van der Waals surface area contributed by atoms with Gasteiger partial charge in [-0.25, -0.2) is 24.1 Å². The number of aryl methyl sites for hydroxylation is 1. The number of halogens is 1. The maximum absolute atomic E-state index is 14.7. The highest BCUT2D eigenvalue weighted by molar-refractivity contribution is 7.18. The molecule has 1 aliphatic heterocycles. The van der Waals surface area contributed by atoms with E-state index < -0.39 is 23.4 Å². The van der Waals surface area contributed by atoms with E-state index in [-0.39, 0.29) is 41.5 Å². The van der Waals surface area contributed by atoms with Crippen LogP contribution in [0.4, 0.5) is 20.6 Å². The molecule has 11 nitrogen and oxygen atoms in total. The Hall–Kier alpha value is -4.36. The number of nitrogens with one attached hydrogen (secondary N) is 2. The number of thiazole rings is 1. The minimum Gasteiger partial charge on any atom is -0.496 e. The average Bonchev–Trinajstić information content (AvgIpc) is 3.53. The second-order valence-corrected chi connectivity index (χ2v) is 12.4. The van der Waals surface area contributed by atoms with Crippen LogP contribution in [-0.2, 0) is 4.74 Å². The van der Waals surface area contributed by atoms with E-state index in [2.05, 4.69) is 20.6 Å². The van der Waals surface area contributed by atoms with Crippen LogP contribution in [-0.4, -0.2) is 70.0 Å². The van der Waals surface area contributed by atoms with E-state index in [9.17, 15) is 19.1 Å². The Bertz CT molecular complexity index is 1670. The first kappa shape index (κ1) is 30.1. The summed E-state index contributed by atoms with van der Waals surface area (Å²) in [6.07, 6.45) is 1.30. The summed E-state index contributed by atoms with van der Waals surface area (Å²) < 4.78 is 26.3. The second-order valence-electron chi connectivity index (χ2n) is 11.1. The number of hydrogen-bond acceptors (Lipinski definition) is 10. The zero-order chi connectivity index (χ0) is 30.9. The van der Waals surface area contributed by atoms with Crippen molar-refractivity contribution < 1.29 is 28.6 Å². The molecular weight excluding hydrogens is 575 g/mol. The van der Waals surface area contributed by atoms with Crippen LogP contribution in [0.2, 0.25) is 0 Å². The SMILES string of the molecule is COc1cccc(F)c1-c1nccc(C(=O)Nc2ccc3sc(C)nc3c2N2C[C@H](NC(=O)OC(C)(C)C)C[C@H]2CO)n1. The number of fused-ring (bicyclic) bond motifs is 1. The molecule has 2 atom stereocenters. The summed E-state index contributed by atoms with van der Waals surface area (Å²) >= 11 is 1.51. The minimum absolute atomic E-state index is 0.00403. The van der Waals surface area contributed by atoms with Crippen molar-refractivity contribution in [2.45, 2.75) is 51.8 Å². The third kappa shape index (κ3) is 6.52. The maximum atomic E-state index is 14.7. The number of alkyl carbamates (subject to hydrolysis) is 1. The summed E-state index contributed by atoms with van der Waals surface area (Å²) in [5.74, 6) is -0.885. The molecule has 226 valence electrons. The predicted octanol–water partition coefficient (Wildman–Crippen LogP) is 4.93. The number of ether oxygens (including phenoxy) is 2. The number of amides is 2. The van der Waals surface area contributed by atoms with Crippen LogP contribution in [0.25, 0.3) is 21.6 Å². The Balaban J connectivity index is 1.47. The molecule has 3 N–H and O–H groups in total. The molecule has 1 aliphatic rings. The normalized spacial score (nSPS) is 16.8. The fourth-order valence-corrected chi connectivity index (χ4v) is 5.94. The smallest absolute Gasteiger partial charge is 0.407 e. The van der Waals surface area contributed by atoms with Crippen molar-refractivity contribution in [2.75, 3.05) is 30.5 Å². The number of rotatable bonds is 7. The summed E-state index contributed by atoms with van der Waals surface area (Å²) in [5, 5.41) is 17.0. The molecule has 43 heavy (non-hydrogen) atoms. The van der Waals surface area contributed by atoms with Crippen LogP contribution in [0.3, 0.4) is 0 Å². The lowest BCUT2D eigenvalue weighted by Crippen LogP contribution is -2.40. The highest BCUT2D eigenvalue weighted by Crippen LogP contribution is 2.40. The molecule has 4 aromatic rings. The molecule has 0 radical (unpaired) electrons. The van der Waals surface area contributed by atoms with Crippen molar-refractivity contribution in [3.8, 4) is 17.1 Å². The Kier molecular flexibility index (Phi) is 8.47. The number of carbonyl (C=O) groups is 2. The van der Waals surface area contributed by atoms with E-state index in [0.29, 0.717) is 29.9 Å². The van der Waals surface area contributed by atoms with Crippen molar-refractivity contribution in [3.05, 3.63) is 59.1 Å². The van der Waals surface area contributed by atoms with Gasteiger partial charge in [0.05, 0.1) is 52.4 Å². The van der Waals surface area contributed by atoms with Gasteiger partial charge in [0.25, 0.3) is 5.91 Å². The second kappa shape index (κ2) is 12.1. The molecule has 3 heterocycles. The third-order valence-electron chi connectivity index (χ3n) is 6.83. The number of anilines is 2. The third-order valence-corrected chi connectivity index (χ3v) is 7.77. The molecule has 5 rings (SSSR count). The lowest BCUT2D eigenvalue weighted by atomic mass is 10.1. The van der Waals surface area contributed by atoms with Crippen LogP contribution in [0.5, 0.6) is 5.75 Å². The van der Waals surface area contributed by atoms with Crippen LogP contribution < -0.4 is 20.3 Å². The quantitative estimate of drug-likeness (QED) is 0.267. The fourth-order valence-electron chi connectivity index (χ4n) is 5.11. The van der Waals surface area contributed by atoms with Gasteiger partial charge in [0, 0.05) is 12.7 Å². The molecule has 2 amide bonds. The minimum atomic E-state index is -0.655. The van der Waals surface area contributed by atoms with Crippen molar-refractivity contribution in [3.63, 3.8) is 0 Å². The van der Waals surface area contributed by atoms with Crippen molar-refractivity contribution >= 4 is 44.9 Å². The lowest BCUT2D eigenvalue weighted by molar-refractivity contribution is 0.0507. The number of carbonyl (C=O) groups excluding carboxylic acids is 2. The van der Waals surface area contributed by atoms with Crippen molar-refractivity contribution in [1.82, 2.24) is 20.3 Å². The topological polar surface area (TPSA) is 139 Å². The van der Waals surface area contributed by atoms with Gasteiger partial charge < -0.3 is 30.1 Å². The molecule has 0 unspecified atom stereocenters. The predicted molar refractivity (Wildman–Crippen MR) is 162 cm³/mol. The molecule has 2 aromatic heterocycles. The van der Waals surface area contributed by atoms with E-state index in [4.69, 9.17) is 14.5 Å². The summed E-state index contributed by atoms with van der Waals surface area (Å²) in [6, 6.07) is 8.78. The first-order valence-electron chi connectivity index (χ1n) is 13.7. The zero-order valence-corrected chi connectivity index (χ0v) is 25.3. The standard InChI is InChI=1S/C30H33FN6O5S/c1-16-33-25-23(43-16)10-9-20(26(25)37-14-17(13-18(37)15-38)34-29(40)42-30(2,3)4)36-28(39)21-11-12-32-27(35-21)24-19(31)7-6-8-22(24)41-5/h6-12,17-18,38H,13-15H2,1-5H3,(H,34,40)(H,36,39)/t17-,18+/m1/s1. The summed E-state index contributed by atoms with van der Waals surface area (Å²) in [4.78, 5) is 41.2. The number of hydrogen-bond donors (Lipinski definition) is 3. The Morgan fingerprint density at radius 1 is 1.19 bits per heavy atom. The zero-order valence-electron chi connectivity index (χ0n) is 24.5. The molecule has 2 aromatic carbocycles.